The first-order valence-electron chi connectivity index (χ1n) is 8.74. The number of amides is 3. The van der Waals surface area contributed by atoms with Crippen LogP contribution in [-0.2, 0) is 11.3 Å². The molecule has 1 aromatic rings. The van der Waals surface area contributed by atoms with Gasteiger partial charge in [0.25, 0.3) is 0 Å². The standard InChI is InChI=1S/C18H25FN4O2/c1-22-10-11-23(13-18(22)7-6-16(24)20-9-8-18)17(25)21-12-14-2-4-15(19)5-3-14/h2-5H,6-13H2,1H3,(H,20,24)(H,21,25). The Morgan fingerprint density at radius 1 is 1.28 bits per heavy atom. The summed E-state index contributed by atoms with van der Waals surface area (Å²) in [6.45, 7) is 3.09. The molecule has 0 aromatic heterocycles. The minimum atomic E-state index is -0.285. The lowest BCUT2D eigenvalue weighted by Crippen LogP contribution is -2.63. The molecule has 6 nitrogen and oxygen atoms in total. The van der Waals surface area contributed by atoms with Crippen LogP contribution in [0.1, 0.15) is 24.8 Å². The minimum absolute atomic E-state index is 0.0863. The summed E-state index contributed by atoms with van der Waals surface area (Å²) < 4.78 is 12.9. The summed E-state index contributed by atoms with van der Waals surface area (Å²) in [6, 6.07) is 6.01. The number of carbonyl (C=O) groups is 2. The maximum Gasteiger partial charge on any atom is 0.317 e. The zero-order valence-corrected chi connectivity index (χ0v) is 14.6. The number of halogens is 1. The summed E-state index contributed by atoms with van der Waals surface area (Å²) in [6.07, 6.45) is 2.10. The van der Waals surface area contributed by atoms with Crippen molar-refractivity contribution in [3.8, 4) is 0 Å². The van der Waals surface area contributed by atoms with Gasteiger partial charge < -0.3 is 15.5 Å². The lowest BCUT2D eigenvalue weighted by atomic mass is 9.86. The third-order valence-corrected chi connectivity index (χ3v) is 5.37. The van der Waals surface area contributed by atoms with E-state index in [9.17, 15) is 14.0 Å². The van der Waals surface area contributed by atoms with Crippen LogP contribution in [0, 0.1) is 5.82 Å². The molecule has 2 aliphatic heterocycles. The third-order valence-electron chi connectivity index (χ3n) is 5.37. The van der Waals surface area contributed by atoms with Crippen molar-refractivity contribution in [1.82, 2.24) is 20.4 Å². The van der Waals surface area contributed by atoms with Gasteiger partial charge in [0, 0.05) is 44.7 Å². The number of nitrogens with zero attached hydrogens (tertiary/aromatic N) is 2. The Labute approximate surface area is 147 Å². The first kappa shape index (κ1) is 17.7. The molecule has 136 valence electrons. The van der Waals surface area contributed by atoms with Crippen molar-refractivity contribution < 1.29 is 14.0 Å². The van der Waals surface area contributed by atoms with Crippen molar-refractivity contribution in [2.45, 2.75) is 31.3 Å². The average Bonchev–Trinajstić information content (AvgIpc) is 2.79. The highest BCUT2D eigenvalue weighted by Crippen LogP contribution is 2.30. The quantitative estimate of drug-likeness (QED) is 0.847. The Kier molecular flexibility index (Phi) is 5.22. The van der Waals surface area contributed by atoms with Crippen molar-refractivity contribution in [2.24, 2.45) is 0 Å². The molecule has 2 heterocycles. The first-order chi connectivity index (χ1) is 12.0. The third kappa shape index (κ3) is 4.10. The number of benzene rings is 1. The van der Waals surface area contributed by atoms with E-state index in [-0.39, 0.29) is 23.3 Å². The van der Waals surface area contributed by atoms with Gasteiger partial charge in [-0.25, -0.2) is 9.18 Å². The molecule has 1 aromatic carbocycles. The van der Waals surface area contributed by atoms with E-state index in [1.165, 1.54) is 12.1 Å². The van der Waals surface area contributed by atoms with Crippen LogP contribution >= 0.6 is 0 Å². The number of hydrogen-bond acceptors (Lipinski definition) is 3. The number of nitrogens with one attached hydrogen (secondary N) is 2. The Hall–Kier alpha value is -2.15. The van der Waals surface area contributed by atoms with Gasteiger partial charge in [0.05, 0.1) is 0 Å². The second-order valence-electron chi connectivity index (χ2n) is 6.95. The van der Waals surface area contributed by atoms with Crippen LogP contribution in [0.25, 0.3) is 0 Å². The number of likely N-dealkylation sites (N-methyl/N-ethyl adjacent to an activating group) is 1. The fourth-order valence-corrected chi connectivity index (χ4v) is 3.66. The van der Waals surface area contributed by atoms with Gasteiger partial charge in [0.2, 0.25) is 5.91 Å². The van der Waals surface area contributed by atoms with E-state index in [1.807, 2.05) is 4.90 Å². The lowest BCUT2D eigenvalue weighted by molar-refractivity contribution is -0.121. The second kappa shape index (κ2) is 7.39. The summed E-state index contributed by atoms with van der Waals surface area (Å²) >= 11 is 0. The molecule has 1 atom stereocenters. The molecule has 2 saturated heterocycles. The van der Waals surface area contributed by atoms with Crippen LogP contribution in [-0.4, -0.2) is 60.5 Å². The molecule has 0 saturated carbocycles. The SMILES string of the molecule is CN1CCN(C(=O)NCc2ccc(F)cc2)CC12CCNC(=O)CC2. The van der Waals surface area contributed by atoms with E-state index >= 15 is 0 Å². The zero-order valence-electron chi connectivity index (χ0n) is 14.6. The summed E-state index contributed by atoms with van der Waals surface area (Å²) in [5, 5.41) is 5.83. The highest BCUT2D eigenvalue weighted by molar-refractivity contribution is 5.76. The van der Waals surface area contributed by atoms with Crippen LogP contribution in [0.5, 0.6) is 0 Å². The van der Waals surface area contributed by atoms with Crippen LogP contribution in [0.2, 0.25) is 0 Å². The Morgan fingerprint density at radius 3 is 2.80 bits per heavy atom. The molecule has 0 bridgehead atoms. The number of rotatable bonds is 2. The number of piperazine rings is 1. The van der Waals surface area contributed by atoms with E-state index in [0.29, 0.717) is 32.6 Å². The monoisotopic (exact) mass is 348 g/mol. The highest BCUT2D eigenvalue weighted by Gasteiger charge is 2.42. The van der Waals surface area contributed by atoms with Crippen LogP contribution in [0.3, 0.4) is 0 Å². The number of hydrogen-bond donors (Lipinski definition) is 2. The molecule has 3 rings (SSSR count). The van der Waals surface area contributed by atoms with Crippen molar-refractivity contribution in [3.63, 3.8) is 0 Å². The molecule has 2 fully saturated rings. The van der Waals surface area contributed by atoms with E-state index in [2.05, 4.69) is 22.6 Å². The van der Waals surface area contributed by atoms with Gasteiger partial charge in [0.1, 0.15) is 5.82 Å². The molecule has 25 heavy (non-hydrogen) atoms. The van der Waals surface area contributed by atoms with Gasteiger partial charge in [-0.05, 0) is 37.6 Å². The fraction of sp³-hybridized carbons (Fsp3) is 0.556. The highest BCUT2D eigenvalue weighted by atomic mass is 19.1. The van der Waals surface area contributed by atoms with Crippen LogP contribution in [0.4, 0.5) is 9.18 Å². The van der Waals surface area contributed by atoms with Gasteiger partial charge in [-0.1, -0.05) is 12.1 Å². The maximum atomic E-state index is 12.9. The maximum absolute atomic E-state index is 12.9. The Bertz CT molecular complexity index is 636. The molecule has 0 aliphatic carbocycles. The predicted molar refractivity (Wildman–Crippen MR) is 92.4 cm³/mol. The molecule has 2 aliphatic rings. The smallest absolute Gasteiger partial charge is 0.317 e. The van der Waals surface area contributed by atoms with E-state index in [0.717, 1.165) is 24.9 Å². The van der Waals surface area contributed by atoms with Crippen molar-refractivity contribution in [1.29, 1.82) is 0 Å². The lowest BCUT2D eigenvalue weighted by Gasteiger charge is -2.49. The largest absolute Gasteiger partial charge is 0.356 e. The van der Waals surface area contributed by atoms with Gasteiger partial charge in [0.15, 0.2) is 0 Å². The van der Waals surface area contributed by atoms with Crippen molar-refractivity contribution in [3.05, 3.63) is 35.6 Å². The normalized spacial score (nSPS) is 24.7. The van der Waals surface area contributed by atoms with Crippen molar-refractivity contribution in [2.75, 3.05) is 33.2 Å². The summed E-state index contributed by atoms with van der Waals surface area (Å²) in [5.74, 6) is -0.198. The topological polar surface area (TPSA) is 64.7 Å². The molecule has 0 radical (unpaired) electrons. The zero-order chi connectivity index (χ0) is 17.9. The molecular formula is C18H25FN4O2. The predicted octanol–water partition coefficient (Wildman–Crippen LogP) is 1.32. The van der Waals surface area contributed by atoms with E-state index in [4.69, 9.17) is 0 Å². The number of urea groups is 1. The average molecular weight is 348 g/mol. The van der Waals surface area contributed by atoms with Gasteiger partial charge in [-0.15, -0.1) is 0 Å². The van der Waals surface area contributed by atoms with Crippen LogP contribution < -0.4 is 10.6 Å². The summed E-state index contributed by atoms with van der Waals surface area (Å²) in [7, 11) is 2.07. The molecule has 7 heteroatoms. The summed E-state index contributed by atoms with van der Waals surface area (Å²) in [4.78, 5) is 28.3. The van der Waals surface area contributed by atoms with E-state index < -0.39 is 0 Å². The van der Waals surface area contributed by atoms with Gasteiger partial charge in [-0.3, -0.25) is 9.69 Å². The molecular weight excluding hydrogens is 323 g/mol. The Balaban J connectivity index is 1.61. The fourth-order valence-electron chi connectivity index (χ4n) is 3.66. The Morgan fingerprint density at radius 2 is 2.04 bits per heavy atom. The molecule has 3 amide bonds. The van der Waals surface area contributed by atoms with E-state index in [1.54, 1.807) is 12.1 Å². The second-order valence-corrected chi connectivity index (χ2v) is 6.95. The van der Waals surface area contributed by atoms with Gasteiger partial charge in [-0.2, -0.15) is 0 Å². The first-order valence-corrected chi connectivity index (χ1v) is 8.74. The molecule has 2 N–H and O–H groups in total. The summed E-state index contributed by atoms with van der Waals surface area (Å²) in [5.41, 5.74) is 0.716. The molecule has 1 spiro atoms. The number of carbonyl (C=O) groups excluding carboxylic acids is 2. The van der Waals surface area contributed by atoms with Gasteiger partial charge >= 0.3 is 6.03 Å². The van der Waals surface area contributed by atoms with Crippen LogP contribution in [0.15, 0.2) is 24.3 Å². The molecule has 1 unspecified atom stereocenters. The van der Waals surface area contributed by atoms with Crippen molar-refractivity contribution >= 4 is 11.9 Å². The minimum Gasteiger partial charge on any atom is -0.356 e.